The third-order valence-electron chi connectivity index (χ3n) is 3.18. The summed E-state index contributed by atoms with van der Waals surface area (Å²) in [5, 5.41) is 7.71. The van der Waals surface area contributed by atoms with Crippen LogP contribution in [-0.2, 0) is 0 Å². The lowest BCUT2D eigenvalue weighted by atomic mass is 10.2. The molecular weight excluding hydrogens is 363 g/mol. The van der Waals surface area contributed by atoms with Gasteiger partial charge in [-0.1, -0.05) is 29.3 Å². The molecule has 0 bridgehead atoms. The van der Waals surface area contributed by atoms with E-state index in [1.807, 2.05) is 42.6 Å². The number of pyridine rings is 1. The highest BCUT2D eigenvalue weighted by Crippen LogP contribution is 2.30. The Hall–Kier alpha value is -1.95. The minimum Gasteiger partial charge on any atom is -0.258 e. The molecule has 2 heterocycles. The second kappa shape index (κ2) is 7.75. The first kappa shape index (κ1) is 16.9. The Kier molecular flexibility index (Phi) is 5.45. The van der Waals surface area contributed by atoms with Crippen molar-refractivity contribution in [1.82, 2.24) is 9.66 Å². The fraction of sp³-hybridized carbons (Fsp3) is 0.118. The maximum atomic E-state index is 6.35. The van der Waals surface area contributed by atoms with Gasteiger partial charge in [-0.2, -0.15) is 5.10 Å². The van der Waals surface area contributed by atoms with Crippen LogP contribution in [0.2, 0.25) is 10.0 Å². The van der Waals surface area contributed by atoms with Gasteiger partial charge in [-0.05, 0) is 37.3 Å². The van der Waals surface area contributed by atoms with Crippen LogP contribution in [-0.4, -0.2) is 22.4 Å². The number of nitrogens with zero attached hydrogens (tertiary/aromatic N) is 4. The summed E-state index contributed by atoms with van der Waals surface area (Å²) in [6.07, 6.45) is 3.43. The lowest BCUT2D eigenvalue weighted by Gasteiger charge is -2.06. The van der Waals surface area contributed by atoms with Crippen LogP contribution in [0.25, 0.3) is 11.3 Å². The minimum atomic E-state index is 0.574. The van der Waals surface area contributed by atoms with Crippen molar-refractivity contribution in [3.8, 4) is 11.3 Å². The first-order chi connectivity index (χ1) is 11.7. The molecule has 0 saturated heterocycles. The molecule has 0 spiro atoms. The van der Waals surface area contributed by atoms with Crippen molar-refractivity contribution in [2.45, 2.75) is 6.92 Å². The van der Waals surface area contributed by atoms with E-state index in [1.165, 1.54) is 11.3 Å². The molecule has 7 heteroatoms. The number of hydrogen-bond acceptors (Lipinski definition) is 4. The lowest BCUT2D eigenvalue weighted by molar-refractivity contribution is 0.832. The van der Waals surface area contributed by atoms with Crippen molar-refractivity contribution >= 4 is 40.8 Å². The van der Waals surface area contributed by atoms with Gasteiger partial charge in [-0.3, -0.25) is 9.98 Å². The first-order valence-electron chi connectivity index (χ1n) is 7.31. The topological polar surface area (TPSA) is 42.5 Å². The fourth-order valence-corrected chi connectivity index (χ4v) is 3.50. The van der Waals surface area contributed by atoms with Gasteiger partial charge in [-0.15, -0.1) is 11.3 Å². The van der Waals surface area contributed by atoms with Crippen LogP contribution in [0.1, 0.15) is 12.6 Å². The van der Waals surface area contributed by atoms with E-state index in [1.54, 1.807) is 23.2 Å². The van der Waals surface area contributed by atoms with E-state index in [-0.39, 0.29) is 0 Å². The molecule has 0 N–H and O–H groups in total. The Bertz CT molecular complexity index is 929. The molecule has 3 rings (SSSR count). The van der Waals surface area contributed by atoms with Crippen molar-refractivity contribution in [3.05, 3.63) is 68.5 Å². The monoisotopic (exact) mass is 376 g/mol. The number of rotatable bonds is 4. The van der Waals surface area contributed by atoms with Gasteiger partial charge in [0.25, 0.3) is 0 Å². The molecule has 0 fully saturated rings. The average Bonchev–Trinajstić information content (AvgIpc) is 2.97. The molecule has 0 saturated carbocycles. The summed E-state index contributed by atoms with van der Waals surface area (Å²) in [5.74, 6) is 0. The van der Waals surface area contributed by atoms with Crippen LogP contribution in [0.4, 0.5) is 0 Å². The highest BCUT2D eigenvalue weighted by molar-refractivity contribution is 7.07. The van der Waals surface area contributed by atoms with Crippen molar-refractivity contribution < 1.29 is 0 Å². The van der Waals surface area contributed by atoms with Crippen LogP contribution >= 0.6 is 34.5 Å². The zero-order valence-corrected chi connectivity index (χ0v) is 15.2. The Balaban J connectivity index is 2.11. The second-order valence-corrected chi connectivity index (χ2v) is 6.49. The van der Waals surface area contributed by atoms with Crippen molar-refractivity contribution in [2.24, 2.45) is 10.1 Å². The van der Waals surface area contributed by atoms with Crippen molar-refractivity contribution in [3.63, 3.8) is 0 Å². The molecule has 0 aliphatic carbocycles. The van der Waals surface area contributed by atoms with Gasteiger partial charge in [-0.25, -0.2) is 4.68 Å². The normalized spacial score (nSPS) is 12.2. The summed E-state index contributed by atoms with van der Waals surface area (Å²) < 4.78 is 1.78. The number of benzene rings is 1. The quantitative estimate of drug-likeness (QED) is 0.607. The van der Waals surface area contributed by atoms with Gasteiger partial charge in [0, 0.05) is 28.7 Å². The van der Waals surface area contributed by atoms with Crippen molar-refractivity contribution in [1.29, 1.82) is 0 Å². The van der Waals surface area contributed by atoms with Gasteiger partial charge in [0.05, 0.1) is 22.6 Å². The Morgan fingerprint density at radius 2 is 2.12 bits per heavy atom. The minimum absolute atomic E-state index is 0.574. The van der Waals surface area contributed by atoms with E-state index >= 15 is 0 Å². The highest BCUT2D eigenvalue weighted by Gasteiger charge is 2.11. The van der Waals surface area contributed by atoms with Gasteiger partial charge in [0.1, 0.15) is 0 Å². The van der Waals surface area contributed by atoms with Crippen LogP contribution in [0, 0.1) is 0 Å². The van der Waals surface area contributed by atoms with E-state index in [2.05, 4.69) is 15.1 Å². The van der Waals surface area contributed by atoms with Crippen LogP contribution in [0.5, 0.6) is 0 Å². The van der Waals surface area contributed by atoms with E-state index < -0.39 is 0 Å². The zero-order chi connectivity index (χ0) is 16.9. The van der Waals surface area contributed by atoms with E-state index in [0.717, 1.165) is 21.8 Å². The second-order valence-electron chi connectivity index (χ2n) is 4.81. The van der Waals surface area contributed by atoms with Gasteiger partial charge in [0.15, 0.2) is 0 Å². The molecule has 1 aromatic carbocycles. The van der Waals surface area contributed by atoms with Gasteiger partial charge >= 0.3 is 0 Å². The predicted molar refractivity (Wildman–Crippen MR) is 101 cm³/mol. The third-order valence-corrected chi connectivity index (χ3v) is 4.58. The molecule has 0 atom stereocenters. The number of hydrogen-bond donors (Lipinski definition) is 0. The molecule has 0 amide bonds. The van der Waals surface area contributed by atoms with Gasteiger partial charge in [0.2, 0.25) is 4.80 Å². The third kappa shape index (κ3) is 3.75. The lowest BCUT2D eigenvalue weighted by Crippen LogP contribution is -2.12. The number of thiazole rings is 1. The van der Waals surface area contributed by atoms with E-state index in [4.69, 9.17) is 23.2 Å². The highest BCUT2D eigenvalue weighted by atomic mass is 35.5. The average molecular weight is 377 g/mol. The standard InChI is InChI=1S/C17H14Cl2N4S/c1-2-20-17-23(22-10-13-5-3-4-8-21-13)16(11-24-17)14-7-6-12(18)9-15(14)19/h3-11H,2H2,1H3/b20-17?,22-10-. The molecule has 4 nitrogen and oxygen atoms in total. The Labute approximate surface area is 153 Å². The SMILES string of the molecule is CCN=c1scc(-c2ccc(Cl)cc2Cl)n1/N=C\c1ccccn1. The predicted octanol–water partition coefficient (Wildman–Crippen LogP) is 4.72. The molecule has 0 aliphatic heterocycles. The Morgan fingerprint density at radius 1 is 1.25 bits per heavy atom. The van der Waals surface area contributed by atoms with Crippen LogP contribution < -0.4 is 4.80 Å². The number of halogens is 2. The van der Waals surface area contributed by atoms with Crippen LogP contribution in [0.3, 0.4) is 0 Å². The van der Waals surface area contributed by atoms with E-state index in [9.17, 15) is 0 Å². The molecule has 2 aromatic heterocycles. The molecule has 24 heavy (non-hydrogen) atoms. The Morgan fingerprint density at radius 3 is 2.83 bits per heavy atom. The molecule has 0 radical (unpaired) electrons. The largest absolute Gasteiger partial charge is 0.258 e. The van der Waals surface area contributed by atoms with E-state index in [0.29, 0.717) is 16.6 Å². The molecule has 122 valence electrons. The fourth-order valence-electron chi connectivity index (χ4n) is 2.11. The maximum absolute atomic E-state index is 6.35. The first-order valence-corrected chi connectivity index (χ1v) is 8.94. The molecule has 3 aromatic rings. The maximum Gasteiger partial charge on any atom is 0.206 e. The van der Waals surface area contributed by atoms with Crippen molar-refractivity contribution in [2.75, 3.05) is 6.54 Å². The molecular formula is C17H14Cl2N4S. The summed E-state index contributed by atoms with van der Waals surface area (Å²) in [6, 6.07) is 11.1. The molecule has 0 unspecified atom stereocenters. The summed E-state index contributed by atoms with van der Waals surface area (Å²) in [4.78, 5) is 9.54. The summed E-state index contributed by atoms with van der Waals surface area (Å²) in [6.45, 7) is 2.66. The van der Waals surface area contributed by atoms with Crippen LogP contribution in [0.15, 0.2) is 58.1 Å². The summed E-state index contributed by atoms with van der Waals surface area (Å²) in [5.41, 5.74) is 2.49. The number of aromatic nitrogens is 2. The molecule has 0 aliphatic rings. The summed E-state index contributed by atoms with van der Waals surface area (Å²) >= 11 is 13.9. The smallest absolute Gasteiger partial charge is 0.206 e. The summed E-state index contributed by atoms with van der Waals surface area (Å²) in [7, 11) is 0. The zero-order valence-electron chi connectivity index (χ0n) is 12.9. The van der Waals surface area contributed by atoms with Gasteiger partial charge < -0.3 is 0 Å².